The number of carbonyl (C=O) groups is 1. The van der Waals surface area contributed by atoms with Crippen LogP contribution < -0.4 is 11.1 Å². The molecule has 5 nitrogen and oxygen atoms in total. The van der Waals surface area contributed by atoms with Crippen molar-refractivity contribution >= 4 is 11.7 Å². The van der Waals surface area contributed by atoms with Crippen molar-refractivity contribution in [2.45, 2.75) is 40.5 Å². The van der Waals surface area contributed by atoms with E-state index in [1.165, 1.54) is 0 Å². The molecular weight excluding hydrogens is 206 g/mol. The van der Waals surface area contributed by atoms with Crippen molar-refractivity contribution in [3.8, 4) is 0 Å². The van der Waals surface area contributed by atoms with Gasteiger partial charge in [0.15, 0.2) is 0 Å². The maximum Gasteiger partial charge on any atom is 0.222 e. The average molecular weight is 229 g/mol. The minimum atomic E-state index is -0.531. The molecule has 0 aromatic rings. The molecule has 94 valence electrons. The summed E-state index contributed by atoms with van der Waals surface area (Å²) in [5, 5.41) is 14.4. The maximum absolute atomic E-state index is 11.6. The number of carbonyl (C=O) groups excluding carboxylic acids is 1. The molecule has 16 heavy (non-hydrogen) atoms. The van der Waals surface area contributed by atoms with E-state index < -0.39 is 5.41 Å². The molecule has 1 amide bonds. The molecule has 0 spiro atoms. The molecule has 0 heterocycles. The summed E-state index contributed by atoms with van der Waals surface area (Å²) >= 11 is 0. The number of hydrogen-bond donors (Lipinski definition) is 3. The van der Waals surface area contributed by atoms with Gasteiger partial charge in [-0.3, -0.25) is 4.79 Å². The molecule has 0 fully saturated rings. The van der Waals surface area contributed by atoms with Crippen LogP contribution in [-0.2, 0) is 4.79 Å². The van der Waals surface area contributed by atoms with E-state index in [4.69, 9.17) is 10.9 Å². The van der Waals surface area contributed by atoms with E-state index >= 15 is 0 Å². The Morgan fingerprint density at radius 1 is 1.56 bits per heavy atom. The van der Waals surface area contributed by atoms with Gasteiger partial charge < -0.3 is 16.3 Å². The van der Waals surface area contributed by atoms with Crippen LogP contribution >= 0.6 is 0 Å². The Morgan fingerprint density at radius 2 is 2.12 bits per heavy atom. The quantitative estimate of drug-likeness (QED) is 0.278. The minimum absolute atomic E-state index is 0.00749. The summed E-state index contributed by atoms with van der Waals surface area (Å²) in [5.41, 5.74) is 4.99. The van der Waals surface area contributed by atoms with Crippen molar-refractivity contribution in [2.75, 3.05) is 6.54 Å². The monoisotopic (exact) mass is 229 g/mol. The first kappa shape index (κ1) is 14.7. The molecule has 0 aliphatic heterocycles. The third-order valence-corrected chi connectivity index (χ3v) is 2.67. The highest BCUT2D eigenvalue weighted by atomic mass is 16.4. The number of amides is 1. The highest BCUT2D eigenvalue weighted by Gasteiger charge is 2.25. The molecule has 0 saturated heterocycles. The van der Waals surface area contributed by atoms with E-state index in [9.17, 15) is 4.79 Å². The second-order valence-electron chi connectivity index (χ2n) is 4.78. The van der Waals surface area contributed by atoms with Gasteiger partial charge in [-0.2, -0.15) is 0 Å². The zero-order valence-corrected chi connectivity index (χ0v) is 10.6. The summed E-state index contributed by atoms with van der Waals surface area (Å²) in [6.45, 7) is 7.94. The standard InChI is InChI=1S/C11H23N3O2/c1-5-6-8(2)9(15)13-7-11(3,4)10(12)14-16/h8,16H,5-7H2,1-4H3,(H2,12,14)(H,13,15). The smallest absolute Gasteiger partial charge is 0.222 e. The number of amidine groups is 1. The molecule has 5 heteroatoms. The largest absolute Gasteiger partial charge is 0.409 e. The first-order valence-corrected chi connectivity index (χ1v) is 5.60. The Kier molecular flexibility index (Phi) is 5.85. The number of hydrogen-bond acceptors (Lipinski definition) is 3. The second kappa shape index (κ2) is 6.35. The fourth-order valence-corrected chi connectivity index (χ4v) is 1.27. The first-order chi connectivity index (χ1) is 7.35. The molecule has 4 N–H and O–H groups in total. The van der Waals surface area contributed by atoms with Gasteiger partial charge in [0, 0.05) is 17.9 Å². The summed E-state index contributed by atoms with van der Waals surface area (Å²) in [4.78, 5) is 11.6. The number of nitrogens with zero attached hydrogens (tertiary/aromatic N) is 1. The van der Waals surface area contributed by atoms with Crippen LogP contribution in [0.1, 0.15) is 40.5 Å². The van der Waals surface area contributed by atoms with Gasteiger partial charge in [0.25, 0.3) is 0 Å². The van der Waals surface area contributed by atoms with Gasteiger partial charge >= 0.3 is 0 Å². The van der Waals surface area contributed by atoms with Crippen LogP contribution in [0.15, 0.2) is 5.16 Å². The topological polar surface area (TPSA) is 87.7 Å². The van der Waals surface area contributed by atoms with Crippen LogP contribution in [-0.4, -0.2) is 23.5 Å². The normalized spacial score (nSPS) is 14.6. The lowest BCUT2D eigenvalue weighted by molar-refractivity contribution is -0.124. The molecule has 0 aromatic heterocycles. The van der Waals surface area contributed by atoms with E-state index in [2.05, 4.69) is 10.5 Å². The molecule has 0 bridgehead atoms. The summed E-state index contributed by atoms with van der Waals surface area (Å²) in [5.74, 6) is 0.143. The molecule has 0 aliphatic carbocycles. The summed E-state index contributed by atoms with van der Waals surface area (Å²) < 4.78 is 0. The lowest BCUT2D eigenvalue weighted by Crippen LogP contribution is -2.43. The molecule has 1 atom stereocenters. The SMILES string of the molecule is CCCC(C)C(=O)NCC(C)(C)C(N)=NO. The molecule has 1 unspecified atom stereocenters. The van der Waals surface area contributed by atoms with Gasteiger partial charge in [0.2, 0.25) is 5.91 Å². The molecule has 0 radical (unpaired) electrons. The fraction of sp³-hybridized carbons (Fsp3) is 0.818. The van der Waals surface area contributed by atoms with Crippen LogP contribution in [0, 0.1) is 11.3 Å². The zero-order valence-electron chi connectivity index (χ0n) is 10.6. The lowest BCUT2D eigenvalue weighted by atomic mass is 9.91. The number of oxime groups is 1. The lowest BCUT2D eigenvalue weighted by Gasteiger charge is -2.24. The van der Waals surface area contributed by atoms with Crippen LogP contribution in [0.25, 0.3) is 0 Å². The first-order valence-electron chi connectivity index (χ1n) is 5.60. The van der Waals surface area contributed by atoms with Crippen LogP contribution in [0.4, 0.5) is 0 Å². The summed E-state index contributed by atoms with van der Waals surface area (Å²) in [6.07, 6.45) is 1.86. The second-order valence-corrected chi connectivity index (χ2v) is 4.78. The Hall–Kier alpha value is -1.26. The zero-order chi connectivity index (χ0) is 12.8. The summed E-state index contributed by atoms with van der Waals surface area (Å²) in [7, 11) is 0. The molecule has 0 saturated carbocycles. The predicted molar refractivity (Wildman–Crippen MR) is 64.3 cm³/mol. The third kappa shape index (κ3) is 4.51. The van der Waals surface area contributed by atoms with E-state index in [1.807, 2.05) is 27.7 Å². The third-order valence-electron chi connectivity index (χ3n) is 2.67. The van der Waals surface area contributed by atoms with E-state index in [0.29, 0.717) is 6.54 Å². The van der Waals surface area contributed by atoms with Crippen molar-refractivity contribution < 1.29 is 10.0 Å². The molecule has 0 rings (SSSR count). The maximum atomic E-state index is 11.6. The minimum Gasteiger partial charge on any atom is -0.409 e. The van der Waals surface area contributed by atoms with Crippen molar-refractivity contribution in [1.29, 1.82) is 0 Å². The van der Waals surface area contributed by atoms with Gasteiger partial charge in [-0.15, -0.1) is 0 Å². The van der Waals surface area contributed by atoms with Gasteiger partial charge in [-0.05, 0) is 6.42 Å². The molecule has 0 aliphatic rings. The Balaban J connectivity index is 4.19. The van der Waals surface area contributed by atoms with Crippen molar-refractivity contribution in [3.63, 3.8) is 0 Å². The Morgan fingerprint density at radius 3 is 2.56 bits per heavy atom. The Labute approximate surface area is 97.1 Å². The van der Waals surface area contributed by atoms with Crippen molar-refractivity contribution in [1.82, 2.24) is 5.32 Å². The van der Waals surface area contributed by atoms with Gasteiger partial charge in [0.05, 0.1) is 0 Å². The predicted octanol–water partition coefficient (Wildman–Crippen LogP) is 1.31. The molecule has 0 aromatic carbocycles. The highest BCUT2D eigenvalue weighted by Crippen LogP contribution is 2.14. The van der Waals surface area contributed by atoms with E-state index in [1.54, 1.807) is 0 Å². The average Bonchev–Trinajstić information content (AvgIpc) is 2.25. The van der Waals surface area contributed by atoms with Gasteiger partial charge in [-0.25, -0.2) is 0 Å². The van der Waals surface area contributed by atoms with E-state index in [0.717, 1.165) is 12.8 Å². The van der Waals surface area contributed by atoms with Crippen LogP contribution in [0.5, 0.6) is 0 Å². The van der Waals surface area contributed by atoms with Crippen LogP contribution in [0.3, 0.4) is 0 Å². The number of nitrogens with one attached hydrogen (secondary N) is 1. The molecular formula is C11H23N3O2. The van der Waals surface area contributed by atoms with Crippen molar-refractivity contribution in [2.24, 2.45) is 22.2 Å². The highest BCUT2D eigenvalue weighted by molar-refractivity contribution is 5.86. The number of nitrogens with two attached hydrogens (primary N) is 1. The summed E-state index contributed by atoms with van der Waals surface area (Å²) in [6, 6.07) is 0. The fourth-order valence-electron chi connectivity index (χ4n) is 1.27. The van der Waals surface area contributed by atoms with Gasteiger partial charge in [-0.1, -0.05) is 39.3 Å². The van der Waals surface area contributed by atoms with Gasteiger partial charge in [0.1, 0.15) is 5.84 Å². The van der Waals surface area contributed by atoms with Crippen molar-refractivity contribution in [3.05, 3.63) is 0 Å². The Bertz CT molecular complexity index is 262. The number of rotatable bonds is 6. The van der Waals surface area contributed by atoms with E-state index in [-0.39, 0.29) is 17.7 Å². The van der Waals surface area contributed by atoms with Crippen LogP contribution in [0.2, 0.25) is 0 Å².